The van der Waals surface area contributed by atoms with Gasteiger partial charge < -0.3 is 10.1 Å². The van der Waals surface area contributed by atoms with E-state index in [1.54, 1.807) is 18.3 Å². The molecule has 2 aliphatic carbocycles. The minimum Gasteiger partial charge on any atom is -0.462 e. The van der Waals surface area contributed by atoms with Gasteiger partial charge in [-0.1, -0.05) is 11.8 Å². The highest BCUT2D eigenvalue weighted by atomic mass is 32.2. The fourth-order valence-corrected chi connectivity index (χ4v) is 8.10. The number of ether oxygens (including phenoxy) is 1. The molecular weight excluding hydrogens is 462 g/mol. The fourth-order valence-electron chi connectivity index (χ4n) is 4.54. The number of esters is 1. The van der Waals surface area contributed by atoms with Crippen LogP contribution in [0.1, 0.15) is 63.2 Å². The molecule has 1 amide bonds. The number of anilines is 1. The van der Waals surface area contributed by atoms with Gasteiger partial charge in [-0.25, -0.2) is 14.8 Å². The van der Waals surface area contributed by atoms with Crippen molar-refractivity contribution in [2.24, 2.45) is 0 Å². The van der Waals surface area contributed by atoms with Crippen molar-refractivity contribution in [2.75, 3.05) is 17.7 Å². The van der Waals surface area contributed by atoms with Gasteiger partial charge in [0.05, 0.1) is 17.9 Å². The maximum Gasteiger partial charge on any atom is 0.341 e. The number of thioether (sulfide) groups is 1. The number of carbonyl (C=O) groups is 2. The second-order valence-corrected chi connectivity index (χ2v) is 11.2. The third-order valence-corrected chi connectivity index (χ3v) is 9.26. The predicted molar refractivity (Wildman–Crippen MR) is 130 cm³/mol. The van der Waals surface area contributed by atoms with Gasteiger partial charge in [0.2, 0.25) is 5.91 Å². The average molecular weight is 488 g/mol. The van der Waals surface area contributed by atoms with Crippen molar-refractivity contribution >= 4 is 61.5 Å². The molecule has 3 aromatic heterocycles. The Morgan fingerprint density at radius 1 is 1.03 bits per heavy atom. The summed E-state index contributed by atoms with van der Waals surface area (Å²) in [5, 5.41) is 5.65. The zero-order valence-electron chi connectivity index (χ0n) is 18.2. The quantitative estimate of drug-likeness (QED) is 0.287. The number of aromatic nitrogens is 2. The normalized spacial score (nSPS) is 14.9. The third-order valence-electron chi connectivity index (χ3n) is 5.89. The Kier molecular flexibility index (Phi) is 6.22. The molecule has 0 spiro atoms. The standard InChI is InChI=1S/C23H25N3O3S3/c1-3-29-23(28)19-14-7-4-5-9-15(14)32-22(19)26-17(27)11-30-20-18-13-8-6-10-16(13)31-21(18)25-12(2)24-20/h3-11H2,1-2H3,(H,26,27). The van der Waals surface area contributed by atoms with E-state index in [1.165, 1.54) is 44.8 Å². The molecule has 9 heteroatoms. The molecule has 0 fully saturated rings. The number of fused-ring (bicyclic) bond motifs is 4. The number of amides is 1. The highest BCUT2D eigenvalue weighted by molar-refractivity contribution is 8.00. The molecular formula is C23H25N3O3S3. The molecule has 0 aromatic carbocycles. The van der Waals surface area contributed by atoms with Crippen LogP contribution in [0.5, 0.6) is 0 Å². The molecule has 2 aliphatic rings. The highest BCUT2D eigenvalue weighted by Gasteiger charge is 2.28. The Hall–Kier alpha value is -1.97. The van der Waals surface area contributed by atoms with E-state index < -0.39 is 0 Å². The lowest BCUT2D eigenvalue weighted by molar-refractivity contribution is -0.113. The van der Waals surface area contributed by atoms with Gasteiger partial charge in [-0.05, 0) is 69.9 Å². The van der Waals surface area contributed by atoms with Crippen molar-refractivity contribution in [1.29, 1.82) is 0 Å². The molecule has 3 heterocycles. The highest BCUT2D eigenvalue weighted by Crippen LogP contribution is 2.41. The zero-order chi connectivity index (χ0) is 22.2. The number of hydrogen-bond donors (Lipinski definition) is 1. The van der Waals surface area contributed by atoms with Crippen LogP contribution >= 0.6 is 34.4 Å². The van der Waals surface area contributed by atoms with Crippen molar-refractivity contribution in [3.05, 3.63) is 32.3 Å². The monoisotopic (exact) mass is 487 g/mol. The van der Waals surface area contributed by atoms with Crippen LogP contribution < -0.4 is 5.32 Å². The molecule has 0 saturated carbocycles. The second-order valence-electron chi connectivity index (χ2n) is 8.09. The summed E-state index contributed by atoms with van der Waals surface area (Å²) in [4.78, 5) is 38.5. The second kappa shape index (κ2) is 9.11. The van der Waals surface area contributed by atoms with Gasteiger partial charge in [0.1, 0.15) is 20.7 Å². The van der Waals surface area contributed by atoms with E-state index >= 15 is 0 Å². The summed E-state index contributed by atoms with van der Waals surface area (Å²) >= 11 is 4.74. The number of rotatable bonds is 6. The summed E-state index contributed by atoms with van der Waals surface area (Å²) < 4.78 is 5.29. The molecule has 32 heavy (non-hydrogen) atoms. The first kappa shape index (κ1) is 21.9. The molecule has 0 radical (unpaired) electrons. The average Bonchev–Trinajstić information content (AvgIpc) is 3.44. The van der Waals surface area contributed by atoms with Gasteiger partial charge in [0.15, 0.2) is 0 Å². The molecule has 168 valence electrons. The molecule has 0 bridgehead atoms. The van der Waals surface area contributed by atoms with Crippen molar-refractivity contribution < 1.29 is 14.3 Å². The molecule has 0 saturated heterocycles. The molecule has 0 unspecified atom stereocenters. The summed E-state index contributed by atoms with van der Waals surface area (Å²) in [5.74, 6) is 0.504. The van der Waals surface area contributed by atoms with E-state index in [0.29, 0.717) is 17.2 Å². The zero-order valence-corrected chi connectivity index (χ0v) is 20.7. The van der Waals surface area contributed by atoms with E-state index in [2.05, 4.69) is 15.3 Å². The Balaban J connectivity index is 1.36. The number of nitrogens with one attached hydrogen (secondary N) is 1. The van der Waals surface area contributed by atoms with Crippen LogP contribution in [0.3, 0.4) is 0 Å². The van der Waals surface area contributed by atoms with Crippen molar-refractivity contribution in [1.82, 2.24) is 9.97 Å². The van der Waals surface area contributed by atoms with Gasteiger partial charge in [-0.15, -0.1) is 22.7 Å². The number of thiophene rings is 2. The molecule has 0 aliphatic heterocycles. The van der Waals surface area contributed by atoms with Crippen LogP contribution in [0.15, 0.2) is 5.03 Å². The van der Waals surface area contributed by atoms with E-state index in [9.17, 15) is 9.59 Å². The van der Waals surface area contributed by atoms with Gasteiger partial charge >= 0.3 is 5.97 Å². The summed E-state index contributed by atoms with van der Waals surface area (Å²) in [6.07, 6.45) is 7.35. The van der Waals surface area contributed by atoms with Crippen LogP contribution in [0.4, 0.5) is 5.00 Å². The lowest BCUT2D eigenvalue weighted by atomic mass is 9.95. The van der Waals surface area contributed by atoms with Crippen molar-refractivity contribution in [3.63, 3.8) is 0 Å². The van der Waals surface area contributed by atoms with Crippen LogP contribution in [-0.2, 0) is 35.2 Å². The summed E-state index contributed by atoms with van der Waals surface area (Å²) in [7, 11) is 0. The van der Waals surface area contributed by atoms with Gasteiger partial charge in [-0.3, -0.25) is 4.79 Å². The maximum absolute atomic E-state index is 12.9. The lowest BCUT2D eigenvalue weighted by Gasteiger charge is -2.12. The number of aryl methyl sites for hydroxylation is 4. The van der Waals surface area contributed by atoms with Gasteiger partial charge in [0.25, 0.3) is 0 Å². The predicted octanol–water partition coefficient (Wildman–Crippen LogP) is 5.34. The molecule has 5 rings (SSSR count). The van der Waals surface area contributed by atoms with E-state index in [0.717, 1.165) is 65.2 Å². The van der Waals surface area contributed by atoms with Gasteiger partial charge in [-0.2, -0.15) is 0 Å². The number of carbonyl (C=O) groups excluding carboxylic acids is 2. The van der Waals surface area contributed by atoms with Crippen LogP contribution in [0.2, 0.25) is 0 Å². The first-order chi connectivity index (χ1) is 15.5. The van der Waals surface area contributed by atoms with Crippen molar-refractivity contribution in [3.8, 4) is 0 Å². The first-order valence-corrected chi connectivity index (χ1v) is 13.7. The van der Waals surface area contributed by atoms with E-state index in [1.807, 2.05) is 6.92 Å². The lowest BCUT2D eigenvalue weighted by Crippen LogP contribution is -2.17. The number of hydrogen-bond acceptors (Lipinski definition) is 8. The Labute approximate surface area is 199 Å². The Morgan fingerprint density at radius 2 is 1.78 bits per heavy atom. The molecule has 6 nitrogen and oxygen atoms in total. The van der Waals surface area contributed by atoms with E-state index in [-0.39, 0.29) is 17.6 Å². The topological polar surface area (TPSA) is 81.2 Å². The fraction of sp³-hybridized carbons (Fsp3) is 0.478. The number of nitrogens with zero attached hydrogens (tertiary/aromatic N) is 2. The van der Waals surface area contributed by atoms with E-state index in [4.69, 9.17) is 4.74 Å². The molecule has 0 atom stereocenters. The first-order valence-electron chi connectivity index (χ1n) is 11.1. The summed E-state index contributed by atoms with van der Waals surface area (Å²) in [6.45, 7) is 4.02. The third kappa shape index (κ3) is 4.06. The SMILES string of the molecule is CCOC(=O)c1c(NC(=O)CSc2nc(C)nc3sc4c(c23)CCC4)sc2c1CCCC2. The largest absolute Gasteiger partial charge is 0.462 e. The van der Waals surface area contributed by atoms with Crippen LogP contribution in [-0.4, -0.2) is 34.2 Å². The summed E-state index contributed by atoms with van der Waals surface area (Å²) in [6, 6.07) is 0. The van der Waals surface area contributed by atoms with Crippen LogP contribution in [0, 0.1) is 6.92 Å². The minimum atomic E-state index is -0.336. The van der Waals surface area contributed by atoms with Gasteiger partial charge in [0, 0.05) is 15.1 Å². The van der Waals surface area contributed by atoms with Crippen LogP contribution in [0.25, 0.3) is 10.2 Å². The summed E-state index contributed by atoms with van der Waals surface area (Å²) in [5.41, 5.74) is 2.98. The maximum atomic E-state index is 12.9. The Morgan fingerprint density at radius 3 is 2.62 bits per heavy atom. The van der Waals surface area contributed by atoms with Crippen molar-refractivity contribution in [2.45, 2.75) is 63.8 Å². The molecule has 1 N–H and O–H groups in total. The smallest absolute Gasteiger partial charge is 0.341 e. The molecule has 3 aromatic rings. The minimum absolute atomic E-state index is 0.129. The Bertz CT molecular complexity index is 1210.